The SMILES string of the molecule is COc1ccc(CN(Cc2ccc(OC)cc2OC)c2ncc(CC(C)(F)F)c(OC)n2)c(OC)c1. The van der Waals surface area contributed by atoms with Crippen LogP contribution in [0.3, 0.4) is 0 Å². The van der Waals surface area contributed by atoms with Gasteiger partial charge in [-0.25, -0.2) is 13.8 Å². The van der Waals surface area contributed by atoms with Gasteiger partial charge in [0.1, 0.15) is 23.0 Å². The fourth-order valence-electron chi connectivity index (χ4n) is 3.74. The number of halogens is 2. The van der Waals surface area contributed by atoms with E-state index >= 15 is 0 Å². The number of hydrogen-bond donors (Lipinski definition) is 0. The second-order valence-corrected chi connectivity index (χ2v) is 8.16. The van der Waals surface area contributed by atoms with E-state index in [0.717, 1.165) is 18.1 Å². The van der Waals surface area contributed by atoms with Gasteiger partial charge in [0.2, 0.25) is 17.8 Å². The maximum absolute atomic E-state index is 13.7. The number of aromatic nitrogens is 2. The largest absolute Gasteiger partial charge is 0.497 e. The second-order valence-electron chi connectivity index (χ2n) is 8.16. The van der Waals surface area contributed by atoms with E-state index in [-0.39, 0.29) is 11.4 Å². The molecule has 0 spiro atoms. The van der Waals surface area contributed by atoms with Crippen LogP contribution >= 0.6 is 0 Å². The fraction of sp³-hybridized carbons (Fsp3) is 0.385. The summed E-state index contributed by atoms with van der Waals surface area (Å²) in [6.45, 7) is 1.53. The van der Waals surface area contributed by atoms with Crippen molar-refractivity contribution in [3.05, 3.63) is 59.3 Å². The Morgan fingerprint density at radius 3 is 1.69 bits per heavy atom. The molecule has 3 aromatic rings. The number of alkyl halides is 2. The van der Waals surface area contributed by atoms with Gasteiger partial charge in [-0.1, -0.05) is 0 Å². The molecule has 8 nitrogen and oxygen atoms in total. The molecule has 0 radical (unpaired) electrons. The summed E-state index contributed by atoms with van der Waals surface area (Å²) in [5.41, 5.74) is 1.91. The molecule has 0 unspecified atom stereocenters. The predicted molar refractivity (Wildman–Crippen MR) is 132 cm³/mol. The lowest BCUT2D eigenvalue weighted by Gasteiger charge is -2.26. The number of methoxy groups -OCH3 is 5. The standard InChI is InChI=1S/C26H31F2N3O5/c1-26(27,28)13-19-14-29-25(30-24(19)36-6)31(15-17-7-9-20(32-2)11-22(17)34-4)16-18-8-10-21(33-3)12-23(18)35-5/h7-12,14H,13,15-16H2,1-6H3. The van der Waals surface area contributed by atoms with Gasteiger partial charge in [-0.2, -0.15) is 4.98 Å². The zero-order chi connectivity index (χ0) is 26.3. The zero-order valence-electron chi connectivity index (χ0n) is 21.3. The van der Waals surface area contributed by atoms with Gasteiger partial charge < -0.3 is 28.6 Å². The van der Waals surface area contributed by atoms with E-state index in [0.29, 0.717) is 42.0 Å². The minimum absolute atomic E-state index is 0.0925. The highest BCUT2D eigenvalue weighted by molar-refractivity contribution is 5.47. The van der Waals surface area contributed by atoms with Crippen molar-refractivity contribution in [1.82, 2.24) is 9.97 Å². The normalized spacial score (nSPS) is 11.1. The quantitative estimate of drug-likeness (QED) is 0.345. The number of rotatable bonds is 12. The number of ether oxygens (including phenoxy) is 5. The Labute approximate surface area is 209 Å². The molecule has 0 amide bonds. The van der Waals surface area contributed by atoms with Crippen molar-refractivity contribution in [3.8, 4) is 28.9 Å². The summed E-state index contributed by atoms with van der Waals surface area (Å²) >= 11 is 0. The Kier molecular flexibility index (Phi) is 8.73. The summed E-state index contributed by atoms with van der Waals surface area (Å²) in [6.07, 6.45) is 0.844. The van der Waals surface area contributed by atoms with Crippen molar-refractivity contribution in [2.75, 3.05) is 40.4 Å². The Morgan fingerprint density at radius 2 is 1.28 bits per heavy atom. The molecule has 0 bridgehead atoms. The second kappa shape index (κ2) is 11.7. The highest BCUT2D eigenvalue weighted by Crippen LogP contribution is 2.32. The van der Waals surface area contributed by atoms with Gasteiger partial charge in [-0.15, -0.1) is 0 Å². The molecule has 0 atom stereocenters. The summed E-state index contributed by atoms with van der Waals surface area (Å²) in [5, 5.41) is 0. The van der Waals surface area contributed by atoms with E-state index in [9.17, 15) is 8.78 Å². The molecule has 0 fully saturated rings. The molecule has 0 saturated heterocycles. The van der Waals surface area contributed by atoms with E-state index in [1.807, 2.05) is 29.2 Å². The Balaban J connectivity index is 2.05. The highest BCUT2D eigenvalue weighted by Gasteiger charge is 2.26. The monoisotopic (exact) mass is 503 g/mol. The molecule has 0 aliphatic heterocycles. The number of anilines is 1. The van der Waals surface area contributed by atoms with Crippen molar-refractivity contribution >= 4 is 5.95 Å². The Hall–Kier alpha value is -3.82. The molecular weight excluding hydrogens is 472 g/mol. The van der Waals surface area contributed by atoms with Gasteiger partial charge in [0.25, 0.3) is 0 Å². The third-order valence-corrected chi connectivity index (χ3v) is 5.50. The van der Waals surface area contributed by atoms with Crippen LogP contribution in [0.2, 0.25) is 0 Å². The zero-order valence-corrected chi connectivity index (χ0v) is 21.3. The van der Waals surface area contributed by atoms with Crippen LogP contribution in [0.5, 0.6) is 28.9 Å². The van der Waals surface area contributed by atoms with Crippen molar-refractivity contribution in [3.63, 3.8) is 0 Å². The van der Waals surface area contributed by atoms with Crippen LogP contribution in [-0.4, -0.2) is 51.4 Å². The smallest absolute Gasteiger partial charge is 0.249 e. The molecule has 36 heavy (non-hydrogen) atoms. The minimum Gasteiger partial charge on any atom is -0.497 e. The summed E-state index contributed by atoms with van der Waals surface area (Å²) in [4.78, 5) is 10.8. The van der Waals surface area contributed by atoms with Gasteiger partial charge in [0, 0.05) is 54.5 Å². The molecule has 0 saturated carbocycles. The van der Waals surface area contributed by atoms with Crippen LogP contribution in [-0.2, 0) is 19.5 Å². The predicted octanol–water partition coefficient (Wildman–Crippen LogP) is 4.92. The molecule has 0 aliphatic rings. The molecule has 10 heteroatoms. The van der Waals surface area contributed by atoms with Crippen molar-refractivity contribution in [1.29, 1.82) is 0 Å². The molecular formula is C26H31F2N3O5. The first kappa shape index (κ1) is 26.8. The summed E-state index contributed by atoms with van der Waals surface area (Å²) in [6, 6.07) is 11.0. The molecule has 2 aromatic carbocycles. The first-order valence-corrected chi connectivity index (χ1v) is 11.2. The maximum Gasteiger partial charge on any atom is 0.249 e. The number of benzene rings is 2. The van der Waals surface area contributed by atoms with Crippen LogP contribution in [0.1, 0.15) is 23.6 Å². The van der Waals surface area contributed by atoms with E-state index in [1.54, 1.807) is 40.6 Å². The molecule has 3 rings (SSSR count). The van der Waals surface area contributed by atoms with Gasteiger partial charge in [0.15, 0.2) is 0 Å². The van der Waals surface area contributed by atoms with Crippen LogP contribution in [0.25, 0.3) is 0 Å². The lowest BCUT2D eigenvalue weighted by Crippen LogP contribution is -2.25. The summed E-state index contributed by atoms with van der Waals surface area (Å²) < 4.78 is 54.5. The van der Waals surface area contributed by atoms with E-state index in [4.69, 9.17) is 23.7 Å². The minimum atomic E-state index is -2.93. The number of hydrogen-bond acceptors (Lipinski definition) is 8. The van der Waals surface area contributed by atoms with E-state index in [2.05, 4.69) is 9.97 Å². The van der Waals surface area contributed by atoms with Crippen molar-refractivity contribution in [2.24, 2.45) is 0 Å². The van der Waals surface area contributed by atoms with Crippen LogP contribution in [0.15, 0.2) is 42.6 Å². The number of nitrogens with zero attached hydrogens (tertiary/aromatic N) is 3. The molecule has 194 valence electrons. The maximum atomic E-state index is 13.7. The van der Waals surface area contributed by atoms with Gasteiger partial charge in [0.05, 0.1) is 35.5 Å². The van der Waals surface area contributed by atoms with Crippen LogP contribution in [0.4, 0.5) is 14.7 Å². The van der Waals surface area contributed by atoms with Crippen LogP contribution in [0, 0.1) is 0 Å². The summed E-state index contributed by atoms with van der Waals surface area (Å²) in [7, 11) is 7.71. The van der Waals surface area contributed by atoms with Gasteiger partial charge in [-0.3, -0.25) is 0 Å². The Morgan fingerprint density at radius 1 is 0.750 bits per heavy atom. The molecule has 0 N–H and O–H groups in total. The Bertz CT molecular complexity index is 1110. The highest BCUT2D eigenvalue weighted by atomic mass is 19.3. The van der Waals surface area contributed by atoms with Gasteiger partial charge >= 0.3 is 0 Å². The lowest BCUT2D eigenvalue weighted by molar-refractivity contribution is 0.0218. The first-order valence-electron chi connectivity index (χ1n) is 11.2. The topological polar surface area (TPSA) is 75.2 Å². The third kappa shape index (κ3) is 6.65. The molecule has 1 heterocycles. The van der Waals surface area contributed by atoms with Gasteiger partial charge in [-0.05, 0) is 31.2 Å². The average Bonchev–Trinajstić information content (AvgIpc) is 2.87. The summed E-state index contributed by atoms with van der Waals surface area (Å²) in [5.74, 6) is 0.0137. The molecule has 0 aliphatic carbocycles. The first-order chi connectivity index (χ1) is 17.2. The van der Waals surface area contributed by atoms with Crippen molar-refractivity contribution < 1.29 is 32.5 Å². The third-order valence-electron chi connectivity index (χ3n) is 5.50. The lowest BCUT2D eigenvalue weighted by atomic mass is 10.1. The van der Waals surface area contributed by atoms with Crippen molar-refractivity contribution in [2.45, 2.75) is 32.4 Å². The fourth-order valence-corrected chi connectivity index (χ4v) is 3.74. The average molecular weight is 504 g/mol. The molecule has 1 aromatic heterocycles. The van der Waals surface area contributed by atoms with Crippen LogP contribution < -0.4 is 28.6 Å². The van der Waals surface area contributed by atoms with E-state index in [1.165, 1.54) is 13.3 Å². The van der Waals surface area contributed by atoms with E-state index < -0.39 is 12.3 Å².